The lowest BCUT2D eigenvalue weighted by atomic mass is 10.1. The molecule has 0 aromatic rings. The van der Waals surface area contributed by atoms with Crippen molar-refractivity contribution < 1.29 is 13.6 Å². The highest BCUT2D eigenvalue weighted by molar-refractivity contribution is 7.53. The average molecular weight is 222 g/mol. The van der Waals surface area contributed by atoms with Crippen LogP contribution in [0.4, 0.5) is 0 Å². The lowest BCUT2D eigenvalue weighted by Gasteiger charge is -2.17. The van der Waals surface area contributed by atoms with E-state index >= 15 is 0 Å². The third-order valence-corrected chi connectivity index (χ3v) is 4.03. The van der Waals surface area contributed by atoms with Crippen LogP contribution in [-0.2, 0) is 13.6 Å². The third-order valence-electron chi connectivity index (χ3n) is 1.87. The van der Waals surface area contributed by atoms with Crippen molar-refractivity contribution in [1.82, 2.24) is 0 Å². The van der Waals surface area contributed by atoms with Crippen molar-refractivity contribution in [2.24, 2.45) is 5.92 Å². The molecule has 0 radical (unpaired) electrons. The van der Waals surface area contributed by atoms with Gasteiger partial charge in [0.05, 0.1) is 19.4 Å². The van der Waals surface area contributed by atoms with E-state index in [-0.39, 0.29) is 0 Å². The summed E-state index contributed by atoms with van der Waals surface area (Å²) in [6.45, 7) is 8.92. The SMILES string of the molecule is CCOP(=O)(CCCC(C)C)OCC. The average Bonchev–Trinajstić information content (AvgIpc) is 2.03. The Labute approximate surface area is 87.7 Å². The quantitative estimate of drug-likeness (QED) is 0.587. The summed E-state index contributed by atoms with van der Waals surface area (Å²) < 4.78 is 22.3. The Morgan fingerprint density at radius 1 is 1.14 bits per heavy atom. The second-order valence-corrected chi connectivity index (χ2v) is 5.89. The van der Waals surface area contributed by atoms with E-state index in [9.17, 15) is 4.57 Å². The summed E-state index contributed by atoms with van der Waals surface area (Å²) in [6, 6.07) is 0. The Kier molecular flexibility index (Phi) is 7.52. The van der Waals surface area contributed by atoms with Crippen molar-refractivity contribution in [3.8, 4) is 0 Å². The first-order valence-corrected chi connectivity index (χ1v) is 7.15. The van der Waals surface area contributed by atoms with Gasteiger partial charge < -0.3 is 9.05 Å². The van der Waals surface area contributed by atoms with Gasteiger partial charge in [0.15, 0.2) is 0 Å². The molecule has 0 rings (SSSR count). The lowest BCUT2D eigenvalue weighted by Crippen LogP contribution is -2.01. The molecule has 3 nitrogen and oxygen atoms in total. The van der Waals surface area contributed by atoms with Gasteiger partial charge in [0.25, 0.3) is 0 Å². The van der Waals surface area contributed by atoms with Crippen LogP contribution in [0.25, 0.3) is 0 Å². The molecule has 0 saturated carbocycles. The second kappa shape index (κ2) is 7.44. The van der Waals surface area contributed by atoms with E-state index in [4.69, 9.17) is 9.05 Å². The molecule has 0 unspecified atom stereocenters. The van der Waals surface area contributed by atoms with Gasteiger partial charge in [-0.15, -0.1) is 0 Å². The van der Waals surface area contributed by atoms with Crippen molar-refractivity contribution in [3.05, 3.63) is 0 Å². The van der Waals surface area contributed by atoms with E-state index in [0.29, 0.717) is 25.3 Å². The summed E-state index contributed by atoms with van der Waals surface area (Å²) in [4.78, 5) is 0. The van der Waals surface area contributed by atoms with Gasteiger partial charge in [-0.1, -0.05) is 20.3 Å². The molecule has 86 valence electrons. The first kappa shape index (κ1) is 14.2. The van der Waals surface area contributed by atoms with E-state index in [1.54, 1.807) is 0 Å². The van der Waals surface area contributed by atoms with Gasteiger partial charge in [0, 0.05) is 0 Å². The molecule has 14 heavy (non-hydrogen) atoms. The molecule has 0 amide bonds. The summed E-state index contributed by atoms with van der Waals surface area (Å²) in [7, 11) is -2.78. The normalized spacial score (nSPS) is 12.4. The summed E-state index contributed by atoms with van der Waals surface area (Å²) in [5, 5.41) is 0. The molecule has 0 aliphatic carbocycles. The molecular formula is C10H23O3P. The Morgan fingerprint density at radius 2 is 1.64 bits per heavy atom. The van der Waals surface area contributed by atoms with Gasteiger partial charge in [-0.2, -0.15) is 0 Å². The summed E-state index contributed by atoms with van der Waals surface area (Å²) in [5.41, 5.74) is 0. The van der Waals surface area contributed by atoms with E-state index in [1.807, 2.05) is 13.8 Å². The summed E-state index contributed by atoms with van der Waals surface area (Å²) in [6.07, 6.45) is 2.53. The highest BCUT2D eigenvalue weighted by Crippen LogP contribution is 2.48. The summed E-state index contributed by atoms with van der Waals surface area (Å²) >= 11 is 0. The largest absolute Gasteiger partial charge is 0.330 e. The highest BCUT2D eigenvalue weighted by Gasteiger charge is 2.22. The zero-order chi connectivity index (χ0) is 11.0. The Morgan fingerprint density at radius 3 is 2.00 bits per heavy atom. The lowest BCUT2D eigenvalue weighted by molar-refractivity contribution is 0.219. The molecule has 0 bridgehead atoms. The van der Waals surface area contributed by atoms with Gasteiger partial charge in [0.1, 0.15) is 0 Å². The Hall–Kier alpha value is 0.150. The molecule has 0 aliphatic rings. The Bertz CT molecular complexity index is 170. The van der Waals surface area contributed by atoms with Crippen molar-refractivity contribution >= 4 is 7.60 Å². The zero-order valence-electron chi connectivity index (χ0n) is 9.78. The predicted molar refractivity (Wildman–Crippen MR) is 59.8 cm³/mol. The fourth-order valence-corrected chi connectivity index (χ4v) is 2.94. The number of rotatable bonds is 8. The molecule has 0 aromatic heterocycles. The van der Waals surface area contributed by atoms with Crippen LogP contribution >= 0.6 is 7.60 Å². The number of hydrogen-bond acceptors (Lipinski definition) is 3. The fraction of sp³-hybridized carbons (Fsp3) is 1.00. The minimum absolute atomic E-state index is 0.457. The van der Waals surface area contributed by atoms with Crippen molar-refractivity contribution in [2.45, 2.75) is 40.5 Å². The standard InChI is InChI=1S/C10H23O3P/c1-5-12-14(11,13-6-2)9-7-8-10(3)4/h10H,5-9H2,1-4H3. The van der Waals surface area contributed by atoms with Crippen molar-refractivity contribution in [1.29, 1.82) is 0 Å². The molecule has 0 N–H and O–H groups in total. The van der Waals surface area contributed by atoms with Gasteiger partial charge in [0.2, 0.25) is 0 Å². The molecule has 0 atom stereocenters. The van der Waals surface area contributed by atoms with E-state index in [0.717, 1.165) is 12.8 Å². The van der Waals surface area contributed by atoms with E-state index in [1.165, 1.54) is 0 Å². The molecule has 0 saturated heterocycles. The van der Waals surface area contributed by atoms with Gasteiger partial charge >= 0.3 is 7.60 Å². The van der Waals surface area contributed by atoms with Crippen LogP contribution in [0, 0.1) is 5.92 Å². The van der Waals surface area contributed by atoms with Gasteiger partial charge in [-0.3, -0.25) is 4.57 Å². The van der Waals surface area contributed by atoms with E-state index < -0.39 is 7.60 Å². The highest BCUT2D eigenvalue weighted by atomic mass is 31.2. The number of hydrogen-bond donors (Lipinski definition) is 0. The van der Waals surface area contributed by atoms with Gasteiger partial charge in [-0.25, -0.2) is 0 Å². The van der Waals surface area contributed by atoms with Crippen LogP contribution in [0.2, 0.25) is 0 Å². The maximum atomic E-state index is 12.0. The van der Waals surface area contributed by atoms with E-state index in [2.05, 4.69) is 13.8 Å². The maximum absolute atomic E-state index is 12.0. The van der Waals surface area contributed by atoms with Crippen LogP contribution < -0.4 is 0 Å². The Balaban J connectivity index is 3.90. The summed E-state index contributed by atoms with van der Waals surface area (Å²) in [5.74, 6) is 0.645. The zero-order valence-corrected chi connectivity index (χ0v) is 10.7. The third kappa shape index (κ3) is 6.58. The second-order valence-electron chi connectivity index (χ2n) is 3.71. The minimum atomic E-state index is -2.78. The first-order chi connectivity index (χ1) is 6.54. The predicted octanol–water partition coefficient (Wildman–Crippen LogP) is 3.69. The van der Waals surface area contributed by atoms with Crippen molar-refractivity contribution in [2.75, 3.05) is 19.4 Å². The van der Waals surface area contributed by atoms with Crippen LogP contribution in [0.15, 0.2) is 0 Å². The molecule has 4 heteroatoms. The maximum Gasteiger partial charge on any atom is 0.330 e. The monoisotopic (exact) mass is 222 g/mol. The topological polar surface area (TPSA) is 35.5 Å². The first-order valence-electron chi connectivity index (χ1n) is 5.42. The minimum Gasteiger partial charge on any atom is -0.309 e. The molecule has 0 heterocycles. The van der Waals surface area contributed by atoms with Crippen LogP contribution in [0.1, 0.15) is 40.5 Å². The molecule has 0 aliphatic heterocycles. The molecular weight excluding hydrogens is 199 g/mol. The van der Waals surface area contributed by atoms with Crippen molar-refractivity contribution in [3.63, 3.8) is 0 Å². The molecule has 0 aromatic carbocycles. The fourth-order valence-electron chi connectivity index (χ4n) is 1.25. The molecule has 0 fully saturated rings. The van der Waals surface area contributed by atoms with Crippen LogP contribution in [0.5, 0.6) is 0 Å². The molecule has 0 spiro atoms. The van der Waals surface area contributed by atoms with Crippen LogP contribution in [-0.4, -0.2) is 19.4 Å². The van der Waals surface area contributed by atoms with Crippen LogP contribution in [0.3, 0.4) is 0 Å². The van der Waals surface area contributed by atoms with Gasteiger partial charge in [-0.05, 0) is 26.2 Å². The smallest absolute Gasteiger partial charge is 0.309 e.